The van der Waals surface area contributed by atoms with Crippen LogP contribution in [0.2, 0.25) is 0 Å². The fourth-order valence-electron chi connectivity index (χ4n) is 2.94. The molecule has 0 heterocycles. The fourth-order valence-corrected chi connectivity index (χ4v) is 3.21. The first-order valence-electron chi connectivity index (χ1n) is 7.07. The predicted octanol–water partition coefficient (Wildman–Crippen LogP) is 2.63. The molecule has 104 valence electrons. The largest absolute Gasteiger partial charge is 0.393 e. The Balaban J connectivity index is 2.63. The van der Waals surface area contributed by atoms with Gasteiger partial charge in [-0.05, 0) is 31.1 Å². The number of thiocarbonyl (C=S) groups is 1. The van der Waals surface area contributed by atoms with Crippen molar-refractivity contribution in [2.75, 3.05) is 0 Å². The summed E-state index contributed by atoms with van der Waals surface area (Å²) in [6.45, 7) is 6.42. The van der Waals surface area contributed by atoms with E-state index in [0.717, 1.165) is 6.42 Å². The van der Waals surface area contributed by atoms with Crippen molar-refractivity contribution in [1.29, 1.82) is 0 Å². The van der Waals surface area contributed by atoms with Crippen molar-refractivity contribution in [3.05, 3.63) is 0 Å². The minimum absolute atomic E-state index is 0.0163. The van der Waals surface area contributed by atoms with E-state index in [-0.39, 0.29) is 11.8 Å². The summed E-state index contributed by atoms with van der Waals surface area (Å²) in [5, 5.41) is 3.18. The molecule has 1 saturated carbocycles. The summed E-state index contributed by atoms with van der Waals surface area (Å²) < 4.78 is 0. The van der Waals surface area contributed by atoms with Gasteiger partial charge in [0, 0.05) is 6.04 Å². The predicted molar refractivity (Wildman–Crippen MR) is 79.3 cm³/mol. The van der Waals surface area contributed by atoms with Crippen LogP contribution in [0.25, 0.3) is 0 Å². The Labute approximate surface area is 116 Å². The lowest BCUT2D eigenvalue weighted by atomic mass is 9.77. The Morgan fingerprint density at radius 1 is 1.39 bits per heavy atom. The minimum atomic E-state index is -0.310. The third-order valence-corrected chi connectivity index (χ3v) is 4.36. The maximum atomic E-state index is 12.2. The molecule has 0 saturated heterocycles. The molecule has 1 fully saturated rings. The highest BCUT2D eigenvalue weighted by atomic mass is 32.1. The van der Waals surface area contributed by atoms with E-state index in [1.165, 1.54) is 19.3 Å². The van der Waals surface area contributed by atoms with E-state index in [4.69, 9.17) is 18.0 Å². The molecule has 0 radical (unpaired) electrons. The molecule has 18 heavy (non-hydrogen) atoms. The van der Waals surface area contributed by atoms with Crippen LogP contribution in [0, 0.1) is 17.8 Å². The second-order valence-electron chi connectivity index (χ2n) is 5.67. The Hall–Kier alpha value is -0.640. The van der Waals surface area contributed by atoms with Crippen molar-refractivity contribution in [2.24, 2.45) is 23.5 Å². The first kappa shape index (κ1) is 15.4. The third kappa shape index (κ3) is 3.94. The summed E-state index contributed by atoms with van der Waals surface area (Å²) >= 11 is 4.96. The molecule has 1 amide bonds. The van der Waals surface area contributed by atoms with Crippen LogP contribution in [0.3, 0.4) is 0 Å². The van der Waals surface area contributed by atoms with Gasteiger partial charge in [0.15, 0.2) is 0 Å². The molecule has 3 unspecified atom stereocenters. The number of carbonyl (C=O) groups is 1. The molecule has 0 spiro atoms. The van der Waals surface area contributed by atoms with E-state index in [0.29, 0.717) is 29.3 Å². The zero-order valence-corrected chi connectivity index (χ0v) is 12.6. The molecular formula is C14H26N2OS. The van der Waals surface area contributed by atoms with Crippen molar-refractivity contribution in [3.8, 4) is 0 Å². The standard InChI is InChI=1S/C14H26N2OS/c1-4-10(13(15)18)14(17)16-12-8-6-5-7-11(12)9(2)3/h9-12H,4-8H2,1-3H3,(H2,15,18)(H,16,17). The summed E-state index contributed by atoms with van der Waals surface area (Å²) in [6, 6.07) is 0.301. The van der Waals surface area contributed by atoms with Gasteiger partial charge in [0.2, 0.25) is 5.91 Å². The fraction of sp³-hybridized carbons (Fsp3) is 0.857. The first-order chi connectivity index (χ1) is 8.47. The monoisotopic (exact) mass is 270 g/mol. The highest BCUT2D eigenvalue weighted by Gasteiger charge is 2.30. The van der Waals surface area contributed by atoms with Crippen LogP contribution >= 0.6 is 12.2 Å². The van der Waals surface area contributed by atoms with Crippen LogP contribution in [0.1, 0.15) is 52.9 Å². The normalized spacial score (nSPS) is 25.8. The van der Waals surface area contributed by atoms with Crippen molar-refractivity contribution < 1.29 is 4.79 Å². The zero-order chi connectivity index (χ0) is 13.7. The van der Waals surface area contributed by atoms with E-state index in [1.807, 2.05) is 6.92 Å². The van der Waals surface area contributed by atoms with Crippen LogP contribution in [0.4, 0.5) is 0 Å². The number of amides is 1. The Morgan fingerprint density at radius 3 is 2.50 bits per heavy atom. The van der Waals surface area contributed by atoms with E-state index < -0.39 is 0 Å². The average Bonchev–Trinajstić information content (AvgIpc) is 2.29. The van der Waals surface area contributed by atoms with Crippen LogP contribution in [0.15, 0.2) is 0 Å². The molecule has 4 heteroatoms. The van der Waals surface area contributed by atoms with Crippen LogP contribution in [0.5, 0.6) is 0 Å². The van der Waals surface area contributed by atoms with E-state index in [2.05, 4.69) is 19.2 Å². The molecule has 0 aromatic heterocycles. The lowest BCUT2D eigenvalue weighted by Gasteiger charge is -2.35. The summed E-state index contributed by atoms with van der Waals surface area (Å²) in [5.74, 6) is 0.907. The summed E-state index contributed by atoms with van der Waals surface area (Å²) in [4.78, 5) is 12.5. The average molecular weight is 270 g/mol. The van der Waals surface area contributed by atoms with Crippen molar-refractivity contribution >= 4 is 23.1 Å². The topological polar surface area (TPSA) is 55.1 Å². The first-order valence-corrected chi connectivity index (χ1v) is 7.47. The number of nitrogens with two attached hydrogens (primary N) is 1. The highest BCUT2D eigenvalue weighted by molar-refractivity contribution is 7.80. The number of hydrogen-bond acceptors (Lipinski definition) is 2. The van der Waals surface area contributed by atoms with Crippen LogP contribution < -0.4 is 11.1 Å². The second-order valence-corrected chi connectivity index (χ2v) is 6.14. The summed E-state index contributed by atoms with van der Waals surface area (Å²) in [7, 11) is 0. The number of carbonyl (C=O) groups excluding carboxylic acids is 1. The lowest BCUT2D eigenvalue weighted by molar-refractivity contribution is -0.124. The van der Waals surface area contributed by atoms with Gasteiger partial charge in [-0.2, -0.15) is 0 Å². The SMILES string of the molecule is CCC(C(=O)NC1CCCCC1C(C)C)C(N)=S. The van der Waals surface area contributed by atoms with Gasteiger partial charge in [-0.1, -0.05) is 45.8 Å². The van der Waals surface area contributed by atoms with E-state index in [9.17, 15) is 4.79 Å². The van der Waals surface area contributed by atoms with Crippen molar-refractivity contribution in [3.63, 3.8) is 0 Å². The van der Waals surface area contributed by atoms with E-state index >= 15 is 0 Å². The quantitative estimate of drug-likeness (QED) is 0.755. The number of hydrogen-bond donors (Lipinski definition) is 2. The molecule has 0 aromatic rings. The van der Waals surface area contributed by atoms with Crippen molar-refractivity contribution in [1.82, 2.24) is 5.32 Å². The van der Waals surface area contributed by atoms with Gasteiger partial charge in [-0.3, -0.25) is 4.79 Å². The van der Waals surface area contributed by atoms with Gasteiger partial charge < -0.3 is 11.1 Å². The molecular weight excluding hydrogens is 244 g/mol. The summed E-state index contributed by atoms with van der Waals surface area (Å²) in [6.07, 6.45) is 5.47. The van der Waals surface area contributed by atoms with Crippen molar-refractivity contribution in [2.45, 2.75) is 58.9 Å². The van der Waals surface area contributed by atoms with Crippen LogP contribution in [-0.4, -0.2) is 16.9 Å². The molecule has 1 aliphatic carbocycles. The molecule has 3 N–H and O–H groups in total. The number of rotatable bonds is 5. The van der Waals surface area contributed by atoms with Gasteiger partial charge in [0.05, 0.1) is 10.9 Å². The molecule has 0 bridgehead atoms. The molecule has 0 aromatic carbocycles. The van der Waals surface area contributed by atoms with Gasteiger partial charge >= 0.3 is 0 Å². The van der Waals surface area contributed by atoms with Gasteiger partial charge in [-0.15, -0.1) is 0 Å². The zero-order valence-electron chi connectivity index (χ0n) is 11.7. The minimum Gasteiger partial charge on any atom is -0.393 e. The maximum absolute atomic E-state index is 12.2. The Bertz CT molecular complexity index is 304. The van der Waals surface area contributed by atoms with E-state index in [1.54, 1.807) is 0 Å². The molecule has 0 aliphatic heterocycles. The molecule has 3 atom stereocenters. The smallest absolute Gasteiger partial charge is 0.230 e. The molecule has 1 aliphatic rings. The summed E-state index contributed by atoms with van der Waals surface area (Å²) in [5.41, 5.74) is 5.62. The van der Waals surface area contributed by atoms with Gasteiger partial charge in [0.1, 0.15) is 0 Å². The second kappa shape index (κ2) is 7.07. The Morgan fingerprint density at radius 2 is 2.00 bits per heavy atom. The molecule has 1 rings (SSSR count). The van der Waals surface area contributed by atoms with Gasteiger partial charge in [0.25, 0.3) is 0 Å². The van der Waals surface area contributed by atoms with Crippen LogP contribution in [-0.2, 0) is 4.79 Å². The van der Waals surface area contributed by atoms with Gasteiger partial charge in [-0.25, -0.2) is 0 Å². The lowest BCUT2D eigenvalue weighted by Crippen LogP contribution is -2.48. The highest BCUT2D eigenvalue weighted by Crippen LogP contribution is 2.30. The maximum Gasteiger partial charge on any atom is 0.230 e. The Kier molecular flexibility index (Phi) is 6.06. The molecule has 3 nitrogen and oxygen atoms in total. The number of nitrogens with one attached hydrogen (secondary N) is 1. The third-order valence-electron chi connectivity index (χ3n) is 4.07.